The zero-order valence-corrected chi connectivity index (χ0v) is 12.8. The third kappa shape index (κ3) is 2.02. The summed E-state index contributed by atoms with van der Waals surface area (Å²) in [5.41, 5.74) is 7.11. The zero-order valence-electron chi connectivity index (χ0n) is 12.0. The van der Waals surface area contributed by atoms with Gasteiger partial charge in [0.1, 0.15) is 0 Å². The molecule has 2 aromatic heterocycles. The van der Waals surface area contributed by atoms with Crippen LogP contribution in [0.3, 0.4) is 0 Å². The molecule has 1 aliphatic rings. The Labute approximate surface area is 134 Å². The molecule has 0 radical (unpaired) electrons. The number of aromatic nitrogens is 2. The number of hydrogen-bond donors (Lipinski definition) is 1. The van der Waals surface area contributed by atoms with E-state index >= 15 is 0 Å². The Morgan fingerprint density at radius 1 is 1.22 bits per heavy atom. The van der Waals surface area contributed by atoms with E-state index in [9.17, 15) is 14.9 Å². The molecule has 8 heteroatoms. The molecular formula is C15H12N4O3S. The van der Waals surface area contributed by atoms with Gasteiger partial charge in [-0.05, 0) is 31.4 Å². The topological polar surface area (TPSA) is 104 Å². The lowest BCUT2D eigenvalue weighted by molar-refractivity contribution is -0.384. The van der Waals surface area contributed by atoms with E-state index < -0.39 is 4.92 Å². The van der Waals surface area contributed by atoms with Crippen molar-refractivity contribution < 1.29 is 4.92 Å². The number of nitro groups is 1. The fourth-order valence-corrected chi connectivity index (χ4v) is 4.12. The highest BCUT2D eigenvalue weighted by molar-refractivity contribution is 7.17. The summed E-state index contributed by atoms with van der Waals surface area (Å²) >= 11 is 1.45. The van der Waals surface area contributed by atoms with E-state index in [1.807, 2.05) is 0 Å². The number of non-ortho nitro benzene ring substituents is 1. The Morgan fingerprint density at radius 3 is 2.65 bits per heavy atom. The van der Waals surface area contributed by atoms with Crippen LogP contribution in [0.4, 0.5) is 10.7 Å². The van der Waals surface area contributed by atoms with E-state index in [0.29, 0.717) is 16.1 Å². The Kier molecular flexibility index (Phi) is 2.95. The van der Waals surface area contributed by atoms with Crippen molar-refractivity contribution >= 4 is 32.8 Å². The fourth-order valence-electron chi connectivity index (χ4n) is 2.99. The maximum atomic E-state index is 12.8. The number of benzene rings is 1. The van der Waals surface area contributed by atoms with Gasteiger partial charge in [0.25, 0.3) is 11.2 Å². The van der Waals surface area contributed by atoms with Crippen LogP contribution in [0, 0.1) is 10.1 Å². The Hall–Kier alpha value is -2.74. The molecule has 0 fully saturated rings. The predicted molar refractivity (Wildman–Crippen MR) is 88.3 cm³/mol. The molecule has 1 aromatic carbocycles. The van der Waals surface area contributed by atoms with Crippen molar-refractivity contribution in [3.05, 3.63) is 55.3 Å². The van der Waals surface area contributed by atoms with Gasteiger partial charge in [-0.25, -0.2) is 0 Å². The van der Waals surface area contributed by atoms with Crippen molar-refractivity contribution in [1.82, 2.24) is 9.78 Å². The fraction of sp³-hybridized carbons (Fsp3) is 0.200. The molecule has 0 unspecified atom stereocenters. The summed E-state index contributed by atoms with van der Waals surface area (Å²) in [6.45, 7) is 0. The van der Waals surface area contributed by atoms with Crippen molar-refractivity contribution in [2.24, 2.45) is 0 Å². The van der Waals surface area contributed by atoms with E-state index in [0.717, 1.165) is 35.2 Å². The highest BCUT2D eigenvalue weighted by Crippen LogP contribution is 2.37. The molecule has 2 N–H and O–H groups in total. The first-order valence-electron chi connectivity index (χ1n) is 7.14. The monoisotopic (exact) mass is 328 g/mol. The van der Waals surface area contributed by atoms with E-state index in [2.05, 4.69) is 5.10 Å². The summed E-state index contributed by atoms with van der Waals surface area (Å²) in [5.74, 6) is 0. The molecule has 2 heterocycles. The summed E-state index contributed by atoms with van der Waals surface area (Å²) in [6, 6.07) is 5.78. The SMILES string of the molecule is Nc1sc2c3c(nn(-c4ccc([N+](=O)[O-])cc4)c(=O)c13)CCC2. The summed E-state index contributed by atoms with van der Waals surface area (Å²) in [6.07, 6.45) is 2.70. The normalized spacial score (nSPS) is 13.4. The Morgan fingerprint density at radius 2 is 1.96 bits per heavy atom. The van der Waals surface area contributed by atoms with Gasteiger partial charge in [0.15, 0.2) is 0 Å². The van der Waals surface area contributed by atoms with Crippen molar-refractivity contribution in [2.45, 2.75) is 19.3 Å². The molecule has 0 amide bonds. The van der Waals surface area contributed by atoms with Crippen LogP contribution < -0.4 is 11.3 Å². The molecule has 4 rings (SSSR count). The molecule has 0 saturated carbocycles. The maximum Gasteiger partial charge on any atom is 0.282 e. The summed E-state index contributed by atoms with van der Waals surface area (Å²) in [4.78, 5) is 24.2. The van der Waals surface area contributed by atoms with E-state index in [-0.39, 0.29) is 11.2 Å². The van der Waals surface area contributed by atoms with Crippen LogP contribution in [0.15, 0.2) is 29.1 Å². The Bertz CT molecular complexity index is 1000. The average molecular weight is 328 g/mol. The quantitative estimate of drug-likeness (QED) is 0.574. The van der Waals surface area contributed by atoms with Gasteiger partial charge in [-0.15, -0.1) is 11.3 Å². The second kappa shape index (κ2) is 4.88. The van der Waals surface area contributed by atoms with Crippen LogP contribution in [0.25, 0.3) is 16.5 Å². The number of nitrogens with zero attached hydrogens (tertiary/aromatic N) is 3. The van der Waals surface area contributed by atoms with Crippen LogP contribution in [0.1, 0.15) is 17.0 Å². The lowest BCUT2D eigenvalue weighted by Crippen LogP contribution is -2.24. The highest BCUT2D eigenvalue weighted by Gasteiger charge is 2.23. The van der Waals surface area contributed by atoms with E-state index in [1.54, 1.807) is 0 Å². The smallest absolute Gasteiger partial charge is 0.282 e. The molecule has 116 valence electrons. The van der Waals surface area contributed by atoms with Crippen LogP contribution >= 0.6 is 11.3 Å². The number of aryl methyl sites for hydroxylation is 2. The molecule has 7 nitrogen and oxygen atoms in total. The third-order valence-electron chi connectivity index (χ3n) is 4.05. The molecule has 23 heavy (non-hydrogen) atoms. The van der Waals surface area contributed by atoms with E-state index in [4.69, 9.17) is 5.73 Å². The van der Waals surface area contributed by atoms with Gasteiger partial charge in [-0.1, -0.05) is 0 Å². The number of hydrogen-bond acceptors (Lipinski definition) is 6. The van der Waals surface area contributed by atoms with Gasteiger partial charge in [-0.2, -0.15) is 9.78 Å². The number of rotatable bonds is 2. The molecule has 0 saturated heterocycles. The summed E-state index contributed by atoms with van der Waals surface area (Å²) in [5, 5.41) is 17.2. The number of nitrogens with two attached hydrogens (primary N) is 1. The lowest BCUT2D eigenvalue weighted by atomic mass is 10.0. The van der Waals surface area contributed by atoms with Gasteiger partial charge in [0.2, 0.25) is 0 Å². The van der Waals surface area contributed by atoms with Crippen LogP contribution in [-0.2, 0) is 12.8 Å². The highest BCUT2D eigenvalue weighted by atomic mass is 32.1. The minimum Gasteiger partial charge on any atom is -0.390 e. The minimum atomic E-state index is -0.476. The van der Waals surface area contributed by atoms with Crippen molar-refractivity contribution in [3.8, 4) is 5.69 Å². The zero-order chi connectivity index (χ0) is 16.1. The summed E-state index contributed by atoms with van der Waals surface area (Å²) < 4.78 is 1.29. The molecular weight excluding hydrogens is 316 g/mol. The number of anilines is 1. The average Bonchev–Trinajstić information content (AvgIpc) is 2.89. The molecule has 0 bridgehead atoms. The minimum absolute atomic E-state index is 0.0263. The van der Waals surface area contributed by atoms with Gasteiger partial charge in [0, 0.05) is 22.4 Å². The number of thiophene rings is 1. The van der Waals surface area contributed by atoms with Crippen LogP contribution in [0.2, 0.25) is 0 Å². The number of nitro benzene ring substituents is 1. The summed E-state index contributed by atoms with van der Waals surface area (Å²) in [7, 11) is 0. The molecule has 1 aliphatic carbocycles. The standard InChI is InChI=1S/C15H12N4O3S/c16-14-13-12-10(2-1-3-11(12)23-14)17-18(15(13)20)8-4-6-9(7-5-8)19(21)22/h4-7H,1-3,16H2. The second-order valence-electron chi connectivity index (χ2n) is 5.43. The third-order valence-corrected chi connectivity index (χ3v) is 5.13. The number of nitrogen functional groups attached to an aromatic ring is 1. The van der Waals surface area contributed by atoms with Crippen LogP contribution in [0.5, 0.6) is 0 Å². The molecule has 0 aliphatic heterocycles. The second-order valence-corrected chi connectivity index (χ2v) is 6.57. The van der Waals surface area contributed by atoms with Gasteiger partial charge in [-0.3, -0.25) is 14.9 Å². The lowest BCUT2D eigenvalue weighted by Gasteiger charge is -2.13. The van der Waals surface area contributed by atoms with Gasteiger partial charge in [0.05, 0.1) is 26.7 Å². The van der Waals surface area contributed by atoms with Gasteiger partial charge < -0.3 is 5.73 Å². The van der Waals surface area contributed by atoms with Crippen molar-refractivity contribution in [2.75, 3.05) is 5.73 Å². The van der Waals surface area contributed by atoms with Gasteiger partial charge >= 0.3 is 0 Å². The van der Waals surface area contributed by atoms with Crippen molar-refractivity contribution in [1.29, 1.82) is 0 Å². The molecule has 0 atom stereocenters. The largest absolute Gasteiger partial charge is 0.390 e. The van der Waals surface area contributed by atoms with Crippen molar-refractivity contribution in [3.63, 3.8) is 0 Å². The maximum absolute atomic E-state index is 12.8. The first kappa shape index (κ1) is 13.9. The predicted octanol–water partition coefficient (Wildman–Crippen LogP) is 2.43. The molecule has 3 aromatic rings. The first-order valence-corrected chi connectivity index (χ1v) is 7.96. The Balaban J connectivity index is 1.98. The molecule has 0 spiro atoms. The van der Waals surface area contributed by atoms with Crippen LogP contribution in [-0.4, -0.2) is 14.7 Å². The first-order chi connectivity index (χ1) is 11.1. The van der Waals surface area contributed by atoms with E-state index in [1.165, 1.54) is 40.3 Å².